The highest BCUT2D eigenvalue weighted by atomic mass is 19.4. The normalized spacial score (nSPS) is 20.1. The van der Waals surface area contributed by atoms with Crippen LogP contribution in [0.25, 0.3) is 0 Å². The number of carbonyl (C=O) groups excluding carboxylic acids is 2. The SMILES string of the molecule is CC(C)(C)OC(=O)n1cc2c(n1)CCC(N(C(=O)c1ccc(C(C)(O)C(F)(F)F)cc1)C1CC1)C2. The summed E-state index contributed by atoms with van der Waals surface area (Å²) in [5.74, 6) is -0.251. The molecule has 1 aromatic heterocycles. The molecule has 2 aliphatic carbocycles. The number of rotatable bonds is 4. The van der Waals surface area contributed by atoms with E-state index in [0.29, 0.717) is 26.2 Å². The number of aromatic nitrogens is 2. The Balaban J connectivity index is 1.52. The van der Waals surface area contributed by atoms with Crippen molar-refractivity contribution in [3.8, 4) is 0 Å². The van der Waals surface area contributed by atoms with Gasteiger partial charge in [-0.15, -0.1) is 0 Å². The van der Waals surface area contributed by atoms with Gasteiger partial charge in [0.25, 0.3) is 5.91 Å². The minimum atomic E-state index is -4.83. The average Bonchev–Trinajstić information content (AvgIpc) is 3.48. The van der Waals surface area contributed by atoms with Crippen LogP contribution in [0.5, 0.6) is 0 Å². The van der Waals surface area contributed by atoms with Crippen LogP contribution in [-0.4, -0.2) is 55.6 Å². The van der Waals surface area contributed by atoms with E-state index < -0.39 is 23.5 Å². The van der Waals surface area contributed by atoms with Crippen LogP contribution in [0.15, 0.2) is 30.5 Å². The molecule has 4 rings (SSSR count). The third kappa shape index (κ3) is 5.22. The quantitative estimate of drug-likeness (QED) is 0.673. The molecule has 1 saturated carbocycles. The van der Waals surface area contributed by atoms with E-state index in [-0.39, 0.29) is 29.1 Å². The number of hydrogen-bond acceptors (Lipinski definition) is 5. The number of aliphatic hydroxyl groups is 1. The minimum Gasteiger partial charge on any atom is -0.442 e. The molecule has 0 saturated heterocycles. The van der Waals surface area contributed by atoms with Gasteiger partial charge in [-0.2, -0.15) is 23.0 Å². The standard InChI is InChI=1S/C25H30F3N3O4/c1-23(2,3)35-22(33)30-14-16-13-19(11-12-20(16)29-30)31(18-9-10-18)21(32)15-5-7-17(8-6-15)24(4,34)25(26,27)28/h5-8,14,18-19,34H,9-13H2,1-4H3. The van der Waals surface area contributed by atoms with E-state index in [1.807, 2.05) is 4.90 Å². The van der Waals surface area contributed by atoms with Crippen molar-refractivity contribution in [2.24, 2.45) is 0 Å². The zero-order valence-electron chi connectivity index (χ0n) is 20.2. The smallest absolute Gasteiger partial charge is 0.435 e. The monoisotopic (exact) mass is 493 g/mol. The van der Waals surface area contributed by atoms with Gasteiger partial charge in [0.15, 0.2) is 5.60 Å². The third-order valence-electron chi connectivity index (χ3n) is 6.44. The molecule has 10 heteroatoms. The second-order valence-electron chi connectivity index (χ2n) is 10.5. The van der Waals surface area contributed by atoms with Gasteiger partial charge in [0.05, 0.1) is 5.69 Å². The molecule has 2 unspecified atom stereocenters. The molecule has 1 fully saturated rings. The van der Waals surface area contributed by atoms with Crippen LogP contribution in [0.3, 0.4) is 0 Å². The molecule has 1 heterocycles. The van der Waals surface area contributed by atoms with E-state index in [4.69, 9.17) is 4.74 Å². The fourth-order valence-corrected chi connectivity index (χ4v) is 4.36. The molecule has 7 nitrogen and oxygen atoms in total. The van der Waals surface area contributed by atoms with Crippen molar-refractivity contribution in [3.63, 3.8) is 0 Å². The first kappa shape index (κ1) is 25.2. The van der Waals surface area contributed by atoms with Gasteiger partial charge in [0, 0.05) is 23.8 Å². The molecular weight excluding hydrogens is 463 g/mol. The summed E-state index contributed by atoms with van der Waals surface area (Å²) in [6.45, 7) is 6.03. The maximum atomic E-state index is 13.4. The van der Waals surface area contributed by atoms with Crippen molar-refractivity contribution in [2.75, 3.05) is 0 Å². The molecule has 0 aliphatic heterocycles. The fraction of sp³-hybridized carbons (Fsp3) is 0.560. The van der Waals surface area contributed by atoms with Crippen molar-refractivity contribution in [2.45, 2.75) is 89.3 Å². The number of carbonyl (C=O) groups is 2. The minimum absolute atomic E-state index is 0.0768. The van der Waals surface area contributed by atoms with E-state index in [1.54, 1.807) is 27.0 Å². The lowest BCUT2D eigenvalue weighted by Gasteiger charge is -2.34. The van der Waals surface area contributed by atoms with Crippen LogP contribution in [0.1, 0.15) is 74.1 Å². The van der Waals surface area contributed by atoms with Crippen LogP contribution in [-0.2, 0) is 23.2 Å². The van der Waals surface area contributed by atoms with Crippen LogP contribution in [0.2, 0.25) is 0 Å². The molecule has 2 atom stereocenters. The molecule has 1 amide bonds. The number of aryl methyl sites for hydroxylation is 1. The maximum Gasteiger partial charge on any atom is 0.435 e. The maximum absolute atomic E-state index is 13.4. The van der Waals surface area contributed by atoms with Crippen molar-refractivity contribution in [3.05, 3.63) is 52.8 Å². The first-order valence-corrected chi connectivity index (χ1v) is 11.7. The Kier molecular flexibility index (Phi) is 6.24. The summed E-state index contributed by atoms with van der Waals surface area (Å²) in [6, 6.07) is 4.93. The molecule has 35 heavy (non-hydrogen) atoms. The lowest BCUT2D eigenvalue weighted by Crippen LogP contribution is -2.45. The van der Waals surface area contributed by atoms with Gasteiger partial charge < -0.3 is 14.7 Å². The van der Waals surface area contributed by atoms with E-state index >= 15 is 0 Å². The second kappa shape index (κ2) is 8.65. The molecule has 0 bridgehead atoms. The Hall–Kier alpha value is -2.88. The van der Waals surface area contributed by atoms with Gasteiger partial charge in [-0.1, -0.05) is 12.1 Å². The van der Waals surface area contributed by atoms with Gasteiger partial charge in [-0.3, -0.25) is 4.79 Å². The number of benzene rings is 1. The van der Waals surface area contributed by atoms with Crippen molar-refractivity contribution >= 4 is 12.0 Å². The Morgan fingerprint density at radius 1 is 1.06 bits per heavy atom. The summed E-state index contributed by atoms with van der Waals surface area (Å²) in [5, 5.41) is 14.3. The first-order valence-electron chi connectivity index (χ1n) is 11.7. The molecule has 2 aromatic rings. The Labute approximate surface area is 201 Å². The Morgan fingerprint density at radius 2 is 1.69 bits per heavy atom. The highest BCUT2D eigenvalue weighted by Gasteiger charge is 2.51. The van der Waals surface area contributed by atoms with Crippen LogP contribution in [0.4, 0.5) is 18.0 Å². The van der Waals surface area contributed by atoms with E-state index in [1.165, 1.54) is 16.8 Å². The molecular formula is C25H30F3N3O4. The van der Waals surface area contributed by atoms with E-state index in [0.717, 1.165) is 36.2 Å². The highest BCUT2D eigenvalue weighted by Crippen LogP contribution is 2.39. The summed E-state index contributed by atoms with van der Waals surface area (Å²) >= 11 is 0. The van der Waals surface area contributed by atoms with Crippen LogP contribution >= 0.6 is 0 Å². The highest BCUT2D eigenvalue weighted by molar-refractivity contribution is 5.95. The molecule has 0 spiro atoms. The molecule has 190 valence electrons. The lowest BCUT2D eigenvalue weighted by molar-refractivity contribution is -0.258. The summed E-state index contributed by atoms with van der Waals surface area (Å²) < 4.78 is 46.1. The van der Waals surface area contributed by atoms with Crippen molar-refractivity contribution < 1.29 is 32.6 Å². The van der Waals surface area contributed by atoms with Crippen LogP contribution < -0.4 is 0 Å². The number of alkyl halides is 3. The zero-order chi connectivity index (χ0) is 25.8. The number of hydrogen-bond donors (Lipinski definition) is 1. The zero-order valence-corrected chi connectivity index (χ0v) is 20.2. The van der Waals surface area contributed by atoms with Crippen LogP contribution in [0, 0.1) is 0 Å². The number of amides is 1. The molecule has 1 N–H and O–H groups in total. The third-order valence-corrected chi connectivity index (χ3v) is 6.44. The predicted molar refractivity (Wildman–Crippen MR) is 121 cm³/mol. The second-order valence-corrected chi connectivity index (χ2v) is 10.5. The summed E-state index contributed by atoms with van der Waals surface area (Å²) in [4.78, 5) is 27.6. The Morgan fingerprint density at radius 3 is 2.23 bits per heavy atom. The van der Waals surface area contributed by atoms with Gasteiger partial charge in [-0.25, -0.2) is 4.79 Å². The molecule has 1 aromatic carbocycles. The van der Waals surface area contributed by atoms with E-state index in [2.05, 4.69) is 5.10 Å². The summed E-state index contributed by atoms with van der Waals surface area (Å²) in [6.07, 6.45) is -0.211. The fourth-order valence-electron chi connectivity index (χ4n) is 4.36. The molecule has 2 aliphatic rings. The van der Waals surface area contributed by atoms with Gasteiger partial charge >= 0.3 is 12.3 Å². The molecule has 0 radical (unpaired) electrons. The lowest BCUT2D eigenvalue weighted by atomic mass is 9.91. The van der Waals surface area contributed by atoms with Crippen molar-refractivity contribution in [1.29, 1.82) is 0 Å². The number of halogens is 3. The average molecular weight is 494 g/mol. The number of fused-ring (bicyclic) bond motifs is 1. The summed E-state index contributed by atoms with van der Waals surface area (Å²) in [7, 11) is 0. The Bertz CT molecular complexity index is 1110. The number of ether oxygens (including phenoxy) is 1. The number of nitrogens with zero attached hydrogens (tertiary/aromatic N) is 3. The van der Waals surface area contributed by atoms with Gasteiger partial charge in [-0.05, 0) is 83.1 Å². The topological polar surface area (TPSA) is 84.7 Å². The largest absolute Gasteiger partial charge is 0.442 e. The van der Waals surface area contributed by atoms with Crippen molar-refractivity contribution in [1.82, 2.24) is 14.7 Å². The van der Waals surface area contributed by atoms with Gasteiger partial charge in [0.1, 0.15) is 5.60 Å². The predicted octanol–water partition coefficient (Wildman–Crippen LogP) is 4.60. The van der Waals surface area contributed by atoms with E-state index in [9.17, 15) is 27.9 Å². The first-order chi connectivity index (χ1) is 16.2. The summed E-state index contributed by atoms with van der Waals surface area (Å²) in [5.41, 5.74) is -2.02. The van der Waals surface area contributed by atoms with Gasteiger partial charge in [0.2, 0.25) is 0 Å².